The van der Waals surface area contributed by atoms with Crippen LogP contribution in [-0.2, 0) is 0 Å². The summed E-state index contributed by atoms with van der Waals surface area (Å²) in [5.41, 5.74) is 1.20. The third-order valence-corrected chi connectivity index (χ3v) is 3.04. The fourth-order valence-corrected chi connectivity index (χ4v) is 2.13. The molecule has 4 heteroatoms. The van der Waals surface area contributed by atoms with Gasteiger partial charge in [0, 0.05) is 37.9 Å². The average Bonchev–Trinajstić information content (AvgIpc) is 2.64. The molecule has 4 nitrogen and oxygen atoms in total. The molecule has 2 heterocycles. The van der Waals surface area contributed by atoms with Crippen molar-refractivity contribution in [2.45, 2.75) is 0 Å². The van der Waals surface area contributed by atoms with E-state index in [1.807, 2.05) is 12.1 Å². The summed E-state index contributed by atoms with van der Waals surface area (Å²) >= 11 is 0. The second-order valence-electron chi connectivity index (χ2n) is 4.17. The number of benzene rings is 1. The van der Waals surface area contributed by atoms with Gasteiger partial charge in [0.1, 0.15) is 6.61 Å². The molecule has 0 bridgehead atoms. The Balaban J connectivity index is 1.86. The van der Waals surface area contributed by atoms with Crippen LogP contribution in [0.1, 0.15) is 0 Å². The molecule has 2 aliphatic rings. The number of nitrogens with one attached hydrogen (secondary N) is 1. The Bertz CT molecular complexity index is 425. The fourth-order valence-electron chi connectivity index (χ4n) is 2.13. The number of rotatable bonds is 1. The lowest BCUT2D eigenvalue weighted by Gasteiger charge is -2.29. The quantitative estimate of drug-likeness (QED) is 0.793. The molecule has 90 valence electrons. The number of ether oxygens (including phenoxy) is 2. The maximum Gasteiger partial charge on any atom is 0.170 e. The van der Waals surface area contributed by atoms with Crippen molar-refractivity contribution in [2.24, 2.45) is 0 Å². The van der Waals surface area contributed by atoms with Crippen LogP contribution in [0.25, 0.3) is 0 Å². The standard InChI is InChI=1S/C13H16N2O2/c1-8-16-12-3-2-11(10-13(12)17-9-1)15-6-4-14-5-7-15/h1-3,9-10,14H,4-8H2. The zero-order chi connectivity index (χ0) is 11.5. The van der Waals surface area contributed by atoms with Gasteiger partial charge in [-0.2, -0.15) is 0 Å². The van der Waals surface area contributed by atoms with E-state index in [1.54, 1.807) is 6.26 Å². The third-order valence-electron chi connectivity index (χ3n) is 3.04. The van der Waals surface area contributed by atoms with Gasteiger partial charge in [0.2, 0.25) is 0 Å². The van der Waals surface area contributed by atoms with Crippen LogP contribution < -0.4 is 19.7 Å². The highest BCUT2D eigenvalue weighted by molar-refractivity contribution is 5.57. The Morgan fingerprint density at radius 3 is 2.88 bits per heavy atom. The van der Waals surface area contributed by atoms with Crippen LogP contribution in [-0.4, -0.2) is 32.8 Å². The van der Waals surface area contributed by atoms with Gasteiger partial charge < -0.3 is 19.7 Å². The summed E-state index contributed by atoms with van der Waals surface area (Å²) in [7, 11) is 0. The molecule has 0 amide bonds. The zero-order valence-electron chi connectivity index (χ0n) is 9.69. The molecule has 0 unspecified atom stereocenters. The number of nitrogens with zero attached hydrogens (tertiary/aromatic N) is 1. The summed E-state index contributed by atoms with van der Waals surface area (Å²) in [6.45, 7) is 4.72. The van der Waals surface area contributed by atoms with E-state index < -0.39 is 0 Å². The van der Waals surface area contributed by atoms with Gasteiger partial charge in [0.25, 0.3) is 0 Å². The van der Waals surface area contributed by atoms with E-state index in [-0.39, 0.29) is 0 Å². The smallest absolute Gasteiger partial charge is 0.170 e. The van der Waals surface area contributed by atoms with E-state index in [9.17, 15) is 0 Å². The van der Waals surface area contributed by atoms with E-state index in [1.165, 1.54) is 5.69 Å². The second-order valence-corrected chi connectivity index (χ2v) is 4.17. The summed E-state index contributed by atoms with van der Waals surface area (Å²) < 4.78 is 11.1. The minimum absolute atomic E-state index is 0.569. The number of hydrogen-bond acceptors (Lipinski definition) is 4. The van der Waals surface area contributed by atoms with E-state index in [0.717, 1.165) is 37.7 Å². The number of fused-ring (bicyclic) bond motifs is 1. The molecule has 0 saturated carbocycles. The fraction of sp³-hybridized carbons (Fsp3) is 0.385. The van der Waals surface area contributed by atoms with Gasteiger partial charge >= 0.3 is 0 Å². The average molecular weight is 232 g/mol. The maximum atomic E-state index is 5.55. The Labute approximate surface area is 101 Å². The van der Waals surface area contributed by atoms with E-state index in [2.05, 4.69) is 22.3 Å². The lowest BCUT2D eigenvalue weighted by Crippen LogP contribution is -2.43. The largest absolute Gasteiger partial charge is 0.485 e. The Kier molecular flexibility index (Phi) is 2.88. The van der Waals surface area contributed by atoms with Crippen molar-refractivity contribution in [3.63, 3.8) is 0 Å². The molecular formula is C13H16N2O2. The third kappa shape index (κ3) is 2.22. The normalized spacial score (nSPS) is 18.9. The van der Waals surface area contributed by atoms with Gasteiger partial charge in [-0.3, -0.25) is 0 Å². The van der Waals surface area contributed by atoms with Crippen LogP contribution in [0.5, 0.6) is 11.5 Å². The highest BCUT2D eigenvalue weighted by Crippen LogP contribution is 2.33. The van der Waals surface area contributed by atoms with Gasteiger partial charge in [-0.1, -0.05) is 0 Å². The first-order valence-electron chi connectivity index (χ1n) is 5.98. The first-order valence-corrected chi connectivity index (χ1v) is 5.98. The van der Waals surface area contributed by atoms with Gasteiger partial charge in [-0.25, -0.2) is 0 Å². The molecule has 0 aromatic heterocycles. The van der Waals surface area contributed by atoms with Gasteiger partial charge in [-0.05, 0) is 18.2 Å². The summed E-state index contributed by atoms with van der Waals surface area (Å²) in [6, 6.07) is 6.13. The molecule has 0 atom stereocenters. The van der Waals surface area contributed by atoms with Crippen molar-refractivity contribution in [1.29, 1.82) is 0 Å². The molecular weight excluding hydrogens is 216 g/mol. The molecule has 1 N–H and O–H groups in total. The topological polar surface area (TPSA) is 33.7 Å². The van der Waals surface area contributed by atoms with Crippen molar-refractivity contribution in [3.05, 3.63) is 30.5 Å². The van der Waals surface area contributed by atoms with Crippen molar-refractivity contribution < 1.29 is 9.47 Å². The molecule has 1 saturated heterocycles. The molecule has 1 aromatic rings. The molecule has 2 aliphatic heterocycles. The Hall–Kier alpha value is -1.68. The molecule has 17 heavy (non-hydrogen) atoms. The summed E-state index contributed by atoms with van der Waals surface area (Å²) in [4.78, 5) is 2.36. The lowest BCUT2D eigenvalue weighted by atomic mass is 10.2. The predicted octanol–water partition coefficient (Wildman–Crippen LogP) is 1.38. The van der Waals surface area contributed by atoms with Crippen LogP contribution in [0, 0.1) is 0 Å². The van der Waals surface area contributed by atoms with Crippen LogP contribution in [0.3, 0.4) is 0 Å². The highest BCUT2D eigenvalue weighted by Gasteiger charge is 2.14. The summed E-state index contributed by atoms with van der Waals surface area (Å²) in [5.74, 6) is 1.61. The molecule has 0 aliphatic carbocycles. The maximum absolute atomic E-state index is 5.55. The van der Waals surface area contributed by atoms with E-state index in [4.69, 9.17) is 9.47 Å². The minimum atomic E-state index is 0.569. The van der Waals surface area contributed by atoms with Crippen LogP contribution in [0.15, 0.2) is 30.5 Å². The molecule has 1 aromatic carbocycles. The molecule has 0 radical (unpaired) electrons. The van der Waals surface area contributed by atoms with Crippen molar-refractivity contribution in [3.8, 4) is 11.5 Å². The SMILES string of the molecule is C1=COc2cc(N3CCNCC3)ccc2OC1. The second kappa shape index (κ2) is 4.67. The van der Waals surface area contributed by atoms with Gasteiger partial charge in [-0.15, -0.1) is 0 Å². The zero-order valence-corrected chi connectivity index (χ0v) is 9.69. The van der Waals surface area contributed by atoms with Gasteiger partial charge in [0.15, 0.2) is 11.5 Å². The minimum Gasteiger partial charge on any atom is -0.485 e. The molecule has 0 spiro atoms. The highest BCUT2D eigenvalue weighted by atomic mass is 16.5. The first kappa shape index (κ1) is 10.5. The number of hydrogen-bond donors (Lipinski definition) is 1. The predicted molar refractivity (Wildman–Crippen MR) is 66.8 cm³/mol. The molecule has 3 rings (SSSR count). The summed E-state index contributed by atoms with van der Waals surface area (Å²) in [6.07, 6.45) is 3.55. The van der Waals surface area contributed by atoms with Crippen molar-refractivity contribution in [1.82, 2.24) is 5.32 Å². The number of piperazine rings is 1. The van der Waals surface area contributed by atoms with E-state index in [0.29, 0.717) is 6.61 Å². The summed E-state index contributed by atoms with van der Waals surface area (Å²) in [5, 5.41) is 3.35. The van der Waals surface area contributed by atoms with Crippen molar-refractivity contribution in [2.75, 3.05) is 37.7 Å². The van der Waals surface area contributed by atoms with E-state index >= 15 is 0 Å². The molecule has 1 fully saturated rings. The van der Waals surface area contributed by atoms with Crippen LogP contribution >= 0.6 is 0 Å². The lowest BCUT2D eigenvalue weighted by molar-refractivity contribution is 0.356. The van der Waals surface area contributed by atoms with Crippen LogP contribution in [0.2, 0.25) is 0 Å². The van der Waals surface area contributed by atoms with Crippen LogP contribution in [0.4, 0.5) is 5.69 Å². The number of anilines is 1. The van der Waals surface area contributed by atoms with Gasteiger partial charge in [0.05, 0.1) is 6.26 Å². The monoisotopic (exact) mass is 232 g/mol. The first-order chi connectivity index (χ1) is 8.43. The van der Waals surface area contributed by atoms with Crippen molar-refractivity contribution >= 4 is 5.69 Å². The Morgan fingerprint density at radius 1 is 1.12 bits per heavy atom. The Morgan fingerprint density at radius 2 is 2.00 bits per heavy atom.